The SMILES string of the molecule is OC(CNC(=S)S)NC(=S)S. The average molecular weight is 228 g/mol. The van der Waals surface area contributed by atoms with Gasteiger partial charge in [0, 0.05) is 0 Å². The van der Waals surface area contributed by atoms with Gasteiger partial charge in [0.2, 0.25) is 0 Å². The fraction of sp³-hybridized carbons (Fsp3) is 0.500. The van der Waals surface area contributed by atoms with Crippen molar-refractivity contribution in [3.05, 3.63) is 0 Å². The van der Waals surface area contributed by atoms with Crippen molar-refractivity contribution in [1.82, 2.24) is 10.6 Å². The molecule has 64 valence electrons. The number of nitrogens with one attached hydrogen (secondary N) is 2. The molecular formula is C4H8N2OS4. The minimum atomic E-state index is -0.787. The molecule has 3 N–H and O–H groups in total. The molecule has 0 aliphatic carbocycles. The van der Waals surface area contributed by atoms with E-state index in [2.05, 4.69) is 60.3 Å². The summed E-state index contributed by atoms with van der Waals surface area (Å²) >= 11 is 16.7. The van der Waals surface area contributed by atoms with Crippen molar-refractivity contribution in [3.8, 4) is 0 Å². The van der Waals surface area contributed by atoms with Gasteiger partial charge in [-0.15, -0.1) is 25.3 Å². The zero-order valence-corrected chi connectivity index (χ0v) is 8.86. The molecule has 0 aliphatic rings. The Morgan fingerprint density at radius 3 is 2.27 bits per heavy atom. The molecule has 0 amide bonds. The number of aliphatic hydroxyl groups excluding tert-OH is 1. The highest BCUT2D eigenvalue weighted by molar-refractivity contribution is 8.11. The van der Waals surface area contributed by atoms with E-state index in [-0.39, 0.29) is 10.9 Å². The van der Waals surface area contributed by atoms with Crippen LogP contribution in [-0.2, 0) is 0 Å². The quantitative estimate of drug-likeness (QED) is 0.266. The summed E-state index contributed by atoms with van der Waals surface area (Å²) in [5, 5.41) is 14.2. The van der Waals surface area contributed by atoms with Gasteiger partial charge >= 0.3 is 0 Å². The second-order valence-electron chi connectivity index (χ2n) is 1.65. The van der Waals surface area contributed by atoms with Crippen LogP contribution in [-0.4, -0.2) is 26.5 Å². The molecule has 0 aromatic rings. The first-order chi connectivity index (χ1) is 5.02. The standard InChI is InChI=1S/C4H8N2OS4/c7-2(6-4(10)11)1-5-3(8)9/h2,7H,1H2,(H2,5,8,9)(H2,6,10,11). The van der Waals surface area contributed by atoms with E-state index in [0.29, 0.717) is 4.32 Å². The smallest absolute Gasteiger partial charge is 0.142 e. The fourth-order valence-corrected chi connectivity index (χ4v) is 0.837. The van der Waals surface area contributed by atoms with Crippen LogP contribution in [0.5, 0.6) is 0 Å². The molecular weight excluding hydrogens is 220 g/mol. The zero-order valence-electron chi connectivity index (χ0n) is 5.44. The minimum Gasteiger partial charge on any atom is -0.372 e. The van der Waals surface area contributed by atoms with Crippen molar-refractivity contribution >= 4 is 58.3 Å². The van der Waals surface area contributed by atoms with E-state index in [9.17, 15) is 0 Å². The Morgan fingerprint density at radius 2 is 1.91 bits per heavy atom. The topological polar surface area (TPSA) is 44.3 Å². The van der Waals surface area contributed by atoms with Crippen molar-refractivity contribution < 1.29 is 5.11 Å². The summed E-state index contributed by atoms with van der Waals surface area (Å²) in [5.74, 6) is 0. The second kappa shape index (κ2) is 6.01. The Morgan fingerprint density at radius 1 is 1.36 bits per heavy atom. The molecule has 0 rings (SSSR count). The molecule has 0 radical (unpaired) electrons. The number of thiol groups is 2. The Balaban J connectivity index is 3.44. The number of aliphatic hydroxyl groups is 1. The third-order valence-electron chi connectivity index (χ3n) is 0.737. The first-order valence-corrected chi connectivity index (χ1v) is 4.38. The maximum absolute atomic E-state index is 9.06. The van der Waals surface area contributed by atoms with Gasteiger partial charge in [0.25, 0.3) is 0 Å². The molecule has 0 saturated heterocycles. The van der Waals surface area contributed by atoms with Gasteiger partial charge in [0.05, 0.1) is 6.54 Å². The maximum atomic E-state index is 9.06. The van der Waals surface area contributed by atoms with E-state index in [1.807, 2.05) is 0 Å². The van der Waals surface area contributed by atoms with Crippen LogP contribution < -0.4 is 10.6 Å². The molecule has 0 spiro atoms. The van der Waals surface area contributed by atoms with Crippen LogP contribution in [0.15, 0.2) is 0 Å². The van der Waals surface area contributed by atoms with Crippen molar-refractivity contribution in [2.75, 3.05) is 6.54 Å². The first-order valence-electron chi connectivity index (χ1n) is 2.66. The van der Waals surface area contributed by atoms with Gasteiger partial charge in [-0.1, -0.05) is 24.4 Å². The van der Waals surface area contributed by atoms with Gasteiger partial charge in [-0.3, -0.25) is 0 Å². The molecule has 7 heteroatoms. The fourth-order valence-electron chi connectivity index (χ4n) is 0.378. The van der Waals surface area contributed by atoms with Crippen molar-refractivity contribution in [1.29, 1.82) is 0 Å². The second-order valence-corrected chi connectivity index (χ2v) is 3.97. The summed E-state index contributed by atoms with van der Waals surface area (Å²) in [5.41, 5.74) is 0. The lowest BCUT2D eigenvalue weighted by Crippen LogP contribution is -2.40. The van der Waals surface area contributed by atoms with E-state index >= 15 is 0 Å². The van der Waals surface area contributed by atoms with E-state index in [1.54, 1.807) is 0 Å². The molecule has 0 aromatic heterocycles. The molecule has 0 aromatic carbocycles. The van der Waals surface area contributed by atoms with Gasteiger partial charge in [-0.05, 0) is 0 Å². The molecule has 0 heterocycles. The number of thiocarbonyl (C=S) groups is 2. The summed E-state index contributed by atoms with van der Waals surface area (Å²) in [6, 6.07) is 0. The van der Waals surface area contributed by atoms with Gasteiger partial charge < -0.3 is 15.7 Å². The predicted octanol–water partition coefficient (Wildman–Crippen LogP) is -0.0866. The van der Waals surface area contributed by atoms with Crippen LogP contribution in [0.2, 0.25) is 0 Å². The predicted molar refractivity (Wildman–Crippen MR) is 60.3 cm³/mol. The average Bonchev–Trinajstić information content (AvgIpc) is 1.82. The number of rotatable bonds is 3. The largest absolute Gasteiger partial charge is 0.372 e. The van der Waals surface area contributed by atoms with Gasteiger partial charge in [-0.25, -0.2) is 0 Å². The maximum Gasteiger partial charge on any atom is 0.142 e. The van der Waals surface area contributed by atoms with E-state index in [0.717, 1.165) is 0 Å². The summed E-state index contributed by atoms with van der Waals surface area (Å²) < 4.78 is 0.570. The molecule has 0 aliphatic heterocycles. The van der Waals surface area contributed by atoms with Crippen molar-refractivity contribution in [3.63, 3.8) is 0 Å². The zero-order chi connectivity index (χ0) is 8.85. The number of hydrogen-bond donors (Lipinski definition) is 5. The lowest BCUT2D eigenvalue weighted by atomic mass is 10.6. The third-order valence-corrected chi connectivity index (χ3v) is 1.29. The van der Waals surface area contributed by atoms with E-state index in [4.69, 9.17) is 5.11 Å². The van der Waals surface area contributed by atoms with E-state index in [1.165, 1.54) is 0 Å². The molecule has 0 bridgehead atoms. The van der Waals surface area contributed by atoms with Gasteiger partial charge in [-0.2, -0.15) is 0 Å². The molecule has 1 unspecified atom stereocenters. The Bertz CT molecular complexity index is 162. The van der Waals surface area contributed by atoms with Crippen molar-refractivity contribution in [2.45, 2.75) is 6.23 Å². The summed E-state index contributed by atoms with van der Waals surface area (Å²) in [7, 11) is 0. The molecule has 3 nitrogen and oxygen atoms in total. The highest BCUT2D eigenvalue weighted by Crippen LogP contribution is 1.83. The monoisotopic (exact) mass is 228 g/mol. The molecule has 1 atom stereocenters. The third kappa shape index (κ3) is 8.35. The first kappa shape index (κ1) is 11.4. The normalized spacial score (nSPS) is 11.9. The van der Waals surface area contributed by atoms with Gasteiger partial charge in [0.1, 0.15) is 14.9 Å². The van der Waals surface area contributed by atoms with Crippen LogP contribution in [0, 0.1) is 0 Å². The summed E-state index contributed by atoms with van der Waals surface area (Å²) in [4.78, 5) is 0. The molecule has 11 heavy (non-hydrogen) atoms. The Labute approximate surface area is 86.8 Å². The summed E-state index contributed by atoms with van der Waals surface area (Å²) in [6.07, 6.45) is -0.787. The highest BCUT2D eigenvalue weighted by atomic mass is 32.1. The van der Waals surface area contributed by atoms with Crippen LogP contribution in [0.25, 0.3) is 0 Å². The number of hydrogen-bond acceptors (Lipinski definition) is 3. The van der Waals surface area contributed by atoms with Crippen LogP contribution in [0.1, 0.15) is 0 Å². The Kier molecular flexibility index (Phi) is 6.25. The molecule has 0 fully saturated rings. The van der Waals surface area contributed by atoms with E-state index < -0.39 is 6.23 Å². The van der Waals surface area contributed by atoms with Gasteiger partial charge in [0.15, 0.2) is 0 Å². The van der Waals surface area contributed by atoms with Crippen LogP contribution in [0.4, 0.5) is 0 Å². The molecule has 0 saturated carbocycles. The lowest BCUT2D eigenvalue weighted by Gasteiger charge is -2.12. The van der Waals surface area contributed by atoms with Crippen LogP contribution in [0.3, 0.4) is 0 Å². The highest BCUT2D eigenvalue weighted by Gasteiger charge is 2.01. The van der Waals surface area contributed by atoms with Crippen molar-refractivity contribution in [2.24, 2.45) is 0 Å². The lowest BCUT2D eigenvalue weighted by molar-refractivity contribution is 0.165. The minimum absolute atomic E-state index is 0.240. The Hall–Kier alpha value is 0.440. The summed E-state index contributed by atoms with van der Waals surface area (Å²) in [6.45, 7) is 0.253. The van der Waals surface area contributed by atoms with Crippen LogP contribution >= 0.6 is 49.7 Å².